The number of rotatable bonds is 2. The highest BCUT2D eigenvalue weighted by molar-refractivity contribution is 7.11. The van der Waals surface area contributed by atoms with Gasteiger partial charge in [0.05, 0.1) is 11.1 Å². The third kappa shape index (κ3) is 2.07. The van der Waals surface area contributed by atoms with E-state index in [9.17, 15) is 5.11 Å². The van der Waals surface area contributed by atoms with Gasteiger partial charge in [0.1, 0.15) is 0 Å². The molecule has 3 nitrogen and oxygen atoms in total. The van der Waals surface area contributed by atoms with Crippen LogP contribution in [-0.2, 0) is 6.42 Å². The highest BCUT2D eigenvalue weighted by Gasteiger charge is 2.25. The van der Waals surface area contributed by atoms with E-state index in [1.807, 2.05) is 6.20 Å². The predicted octanol–water partition coefficient (Wildman–Crippen LogP) is 0.574. The number of β-amino-alcohol motifs (C(OH)–C–C–N with tert-alkyl or cyclic N) is 1. The van der Waals surface area contributed by atoms with Gasteiger partial charge in [-0.05, 0) is 6.92 Å². The second-order valence-corrected chi connectivity index (χ2v) is 4.87. The molecule has 1 aliphatic heterocycles. The quantitative estimate of drug-likeness (QED) is 0.730. The summed E-state index contributed by atoms with van der Waals surface area (Å²) in [6, 6.07) is 0. The zero-order valence-electron chi connectivity index (χ0n) is 7.66. The molecule has 0 aromatic carbocycles. The standard InChI is InChI=1S/C9H14N2OS/c1-6-3-11-9(13-6)2-7-4-10-5-8(7)12/h3,7-8,10,12H,2,4-5H2,1H3/t7-,8-/m1/s1. The zero-order valence-corrected chi connectivity index (χ0v) is 8.47. The molecule has 0 radical (unpaired) electrons. The van der Waals surface area contributed by atoms with Gasteiger partial charge in [-0.3, -0.25) is 0 Å². The molecule has 72 valence electrons. The van der Waals surface area contributed by atoms with Gasteiger partial charge < -0.3 is 10.4 Å². The predicted molar refractivity (Wildman–Crippen MR) is 52.9 cm³/mol. The Morgan fingerprint density at radius 1 is 1.69 bits per heavy atom. The van der Waals surface area contributed by atoms with Crippen LogP contribution in [0, 0.1) is 12.8 Å². The maximum atomic E-state index is 9.57. The first-order chi connectivity index (χ1) is 6.25. The maximum Gasteiger partial charge on any atom is 0.0931 e. The van der Waals surface area contributed by atoms with Crippen LogP contribution in [0.5, 0.6) is 0 Å². The first-order valence-corrected chi connectivity index (χ1v) is 5.37. The number of hydrogen-bond donors (Lipinski definition) is 2. The molecule has 1 aromatic heterocycles. The number of nitrogens with zero attached hydrogens (tertiary/aromatic N) is 1. The molecule has 0 unspecified atom stereocenters. The summed E-state index contributed by atoms with van der Waals surface area (Å²) in [6.45, 7) is 3.71. The van der Waals surface area contributed by atoms with Crippen molar-refractivity contribution < 1.29 is 5.11 Å². The molecule has 2 heterocycles. The van der Waals surface area contributed by atoms with E-state index in [0.29, 0.717) is 5.92 Å². The third-order valence-electron chi connectivity index (χ3n) is 2.41. The molecule has 1 saturated heterocycles. The van der Waals surface area contributed by atoms with Crippen molar-refractivity contribution >= 4 is 11.3 Å². The van der Waals surface area contributed by atoms with Crippen molar-refractivity contribution in [1.29, 1.82) is 0 Å². The Bertz CT molecular complexity index is 287. The smallest absolute Gasteiger partial charge is 0.0931 e. The summed E-state index contributed by atoms with van der Waals surface area (Å²) < 4.78 is 0. The molecule has 1 fully saturated rings. The summed E-state index contributed by atoms with van der Waals surface area (Å²) in [5.74, 6) is 0.352. The number of aromatic nitrogens is 1. The maximum absolute atomic E-state index is 9.57. The number of aliphatic hydroxyl groups excluding tert-OH is 1. The Morgan fingerprint density at radius 2 is 2.54 bits per heavy atom. The number of nitrogens with one attached hydrogen (secondary N) is 1. The van der Waals surface area contributed by atoms with Gasteiger partial charge in [-0.15, -0.1) is 11.3 Å². The molecule has 0 aliphatic carbocycles. The molecular weight excluding hydrogens is 184 g/mol. The van der Waals surface area contributed by atoms with E-state index in [0.717, 1.165) is 24.5 Å². The van der Waals surface area contributed by atoms with E-state index in [4.69, 9.17) is 0 Å². The van der Waals surface area contributed by atoms with Crippen LogP contribution >= 0.6 is 11.3 Å². The minimum Gasteiger partial charge on any atom is -0.391 e. The van der Waals surface area contributed by atoms with E-state index in [1.54, 1.807) is 11.3 Å². The van der Waals surface area contributed by atoms with Crippen LogP contribution in [0.4, 0.5) is 0 Å². The van der Waals surface area contributed by atoms with Gasteiger partial charge >= 0.3 is 0 Å². The lowest BCUT2D eigenvalue weighted by Crippen LogP contribution is -2.19. The van der Waals surface area contributed by atoms with E-state index in [1.165, 1.54) is 4.88 Å². The lowest BCUT2D eigenvalue weighted by Gasteiger charge is -2.10. The molecule has 13 heavy (non-hydrogen) atoms. The molecule has 0 spiro atoms. The van der Waals surface area contributed by atoms with Crippen LogP contribution in [0.3, 0.4) is 0 Å². The van der Waals surface area contributed by atoms with Crippen molar-refractivity contribution in [2.45, 2.75) is 19.4 Å². The van der Waals surface area contributed by atoms with E-state index < -0.39 is 0 Å². The molecule has 2 atom stereocenters. The molecule has 2 N–H and O–H groups in total. The fraction of sp³-hybridized carbons (Fsp3) is 0.667. The van der Waals surface area contributed by atoms with Crippen molar-refractivity contribution in [2.75, 3.05) is 13.1 Å². The number of aryl methyl sites for hydroxylation is 1. The molecule has 1 aromatic rings. The van der Waals surface area contributed by atoms with Crippen molar-refractivity contribution in [3.8, 4) is 0 Å². The summed E-state index contributed by atoms with van der Waals surface area (Å²) >= 11 is 1.73. The molecule has 0 saturated carbocycles. The van der Waals surface area contributed by atoms with Crippen LogP contribution in [0.15, 0.2) is 6.20 Å². The van der Waals surface area contributed by atoms with Crippen molar-refractivity contribution in [3.05, 3.63) is 16.1 Å². The zero-order chi connectivity index (χ0) is 9.26. The van der Waals surface area contributed by atoms with Gasteiger partial charge in [0, 0.05) is 36.5 Å². The topological polar surface area (TPSA) is 45.2 Å². The Kier molecular flexibility index (Phi) is 2.62. The highest BCUT2D eigenvalue weighted by Crippen LogP contribution is 2.19. The fourth-order valence-electron chi connectivity index (χ4n) is 1.65. The number of aliphatic hydroxyl groups is 1. The molecule has 1 aliphatic rings. The first-order valence-electron chi connectivity index (χ1n) is 4.56. The third-order valence-corrected chi connectivity index (χ3v) is 3.35. The summed E-state index contributed by atoms with van der Waals surface area (Å²) in [7, 11) is 0. The Hall–Kier alpha value is -0.450. The van der Waals surface area contributed by atoms with Gasteiger partial charge in [-0.2, -0.15) is 0 Å². The van der Waals surface area contributed by atoms with Crippen LogP contribution in [-0.4, -0.2) is 29.3 Å². The monoisotopic (exact) mass is 198 g/mol. The summed E-state index contributed by atoms with van der Waals surface area (Å²) in [5.41, 5.74) is 0. The van der Waals surface area contributed by atoms with Crippen LogP contribution in [0.2, 0.25) is 0 Å². The lowest BCUT2D eigenvalue weighted by molar-refractivity contribution is 0.147. The van der Waals surface area contributed by atoms with E-state index in [-0.39, 0.29) is 6.10 Å². The normalized spacial score (nSPS) is 28.2. The minimum absolute atomic E-state index is 0.191. The van der Waals surface area contributed by atoms with Crippen LogP contribution < -0.4 is 5.32 Å². The van der Waals surface area contributed by atoms with Gasteiger partial charge in [0.25, 0.3) is 0 Å². The summed E-state index contributed by atoms with van der Waals surface area (Å²) in [6.07, 6.45) is 2.62. The Labute approximate surface area is 81.8 Å². The number of thiazole rings is 1. The van der Waals surface area contributed by atoms with Crippen molar-refractivity contribution in [2.24, 2.45) is 5.92 Å². The average Bonchev–Trinajstić information content (AvgIpc) is 2.64. The highest BCUT2D eigenvalue weighted by atomic mass is 32.1. The van der Waals surface area contributed by atoms with Crippen LogP contribution in [0.25, 0.3) is 0 Å². The van der Waals surface area contributed by atoms with Crippen molar-refractivity contribution in [1.82, 2.24) is 10.3 Å². The van der Waals surface area contributed by atoms with E-state index >= 15 is 0 Å². The van der Waals surface area contributed by atoms with E-state index in [2.05, 4.69) is 17.2 Å². The number of hydrogen-bond acceptors (Lipinski definition) is 4. The second kappa shape index (κ2) is 3.74. The molecule has 2 rings (SSSR count). The van der Waals surface area contributed by atoms with Crippen LogP contribution in [0.1, 0.15) is 9.88 Å². The first kappa shape index (κ1) is 9.12. The lowest BCUT2D eigenvalue weighted by atomic mass is 10.0. The van der Waals surface area contributed by atoms with Gasteiger partial charge in [0.2, 0.25) is 0 Å². The average molecular weight is 198 g/mol. The van der Waals surface area contributed by atoms with Gasteiger partial charge in [0.15, 0.2) is 0 Å². The van der Waals surface area contributed by atoms with Gasteiger partial charge in [-0.1, -0.05) is 0 Å². The molecule has 4 heteroatoms. The fourth-order valence-corrected chi connectivity index (χ4v) is 2.53. The second-order valence-electron chi connectivity index (χ2n) is 3.55. The van der Waals surface area contributed by atoms with Crippen molar-refractivity contribution in [3.63, 3.8) is 0 Å². The largest absolute Gasteiger partial charge is 0.391 e. The Balaban J connectivity index is 1.97. The SMILES string of the molecule is Cc1cnc(C[C@@H]2CNC[C@H]2O)s1. The Morgan fingerprint density at radius 3 is 3.08 bits per heavy atom. The molecule has 0 bridgehead atoms. The molecule has 0 amide bonds. The summed E-state index contributed by atoms with van der Waals surface area (Å²) in [4.78, 5) is 5.54. The van der Waals surface area contributed by atoms with Gasteiger partial charge in [-0.25, -0.2) is 4.98 Å². The minimum atomic E-state index is -0.191. The summed E-state index contributed by atoms with van der Waals surface area (Å²) in [5, 5.41) is 13.9. The molecular formula is C9H14N2OS.